The van der Waals surface area contributed by atoms with E-state index in [0.717, 1.165) is 12.0 Å². The fourth-order valence-electron chi connectivity index (χ4n) is 2.69. The maximum Gasteiger partial charge on any atom is 0.255 e. The van der Waals surface area contributed by atoms with Crippen molar-refractivity contribution in [1.29, 1.82) is 0 Å². The monoisotopic (exact) mass is 381 g/mol. The van der Waals surface area contributed by atoms with E-state index >= 15 is 0 Å². The Bertz CT molecular complexity index is 962. The minimum absolute atomic E-state index is 0.330. The van der Waals surface area contributed by atoms with Crippen molar-refractivity contribution >= 4 is 23.2 Å². The lowest BCUT2D eigenvalue weighted by Crippen LogP contribution is -2.13. The molecule has 1 aromatic heterocycles. The van der Waals surface area contributed by atoms with Crippen LogP contribution >= 0.6 is 11.6 Å². The zero-order valence-electron chi connectivity index (χ0n) is 14.3. The van der Waals surface area contributed by atoms with Crippen LogP contribution in [-0.2, 0) is 0 Å². The number of aromatic nitrogens is 2. The predicted octanol–water partition coefficient (Wildman–Crippen LogP) is 4.21. The van der Waals surface area contributed by atoms with Gasteiger partial charge in [0.15, 0.2) is 17.3 Å². The average Bonchev–Trinajstić information content (AvgIpc) is 2.95. The largest absolute Gasteiger partial charge is 0.489 e. The van der Waals surface area contributed by atoms with Crippen LogP contribution in [0, 0.1) is 0 Å². The van der Waals surface area contributed by atoms with Crippen LogP contribution in [0.4, 0.5) is 5.69 Å². The summed E-state index contributed by atoms with van der Waals surface area (Å²) in [4.78, 5) is 21.2. The molecule has 1 aliphatic rings. The Labute approximate surface area is 161 Å². The molecule has 0 bridgehead atoms. The van der Waals surface area contributed by atoms with E-state index < -0.39 is 0 Å². The third-order valence-electron chi connectivity index (χ3n) is 4.01. The Hall–Kier alpha value is -3.12. The van der Waals surface area contributed by atoms with Crippen molar-refractivity contribution in [2.45, 2.75) is 6.42 Å². The van der Waals surface area contributed by atoms with Crippen molar-refractivity contribution in [1.82, 2.24) is 9.97 Å². The number of hydrogen-bond acceptors (Lipinski definition) is 5. The van der Waals surface area contributed by atoms with E-state index in [4.69, 9.17) is 21.1 Å². The van der Waals surface area contributed by atoms with Crippen LogP contribution < -0.4 is 14.8 Å². The van der Waals surface area contributed by atoms with E-state index in [1.165, 1.54) is 0 Å². The Kier molecular flexibility index (Phi) is 4.89. The summed E-state index contributed by atoms with van der Waals surface area (Å²) in [5.41, 5.74) is 1.77. The summed E-state index contributed by atoms with van der Waals surface area (Å²) in [6, 6.07) is 12.8. The van der Waals surface area contributed by atoms with Gasteiger partial charge in [-0.1, -0.05) is 41.9 Å². The Balaban J connectivity index is 1.52. The van der Waals surface area contributed by atoms with Crippen molar-refractivity contribution in [3.8, 4) is 22.9 Å². The quantitative estimate of drug-likeness (QED) is 0.735. The normalized spacial score (nSPS) is 12.9. The number of fused-ring (bicyclic) bond motifs is 1. The number of nitrogens with zero attached hydrogens (tertiary/aromatic N) is 2. The maximum atomic E-state index is 12.6. The highest BCUT2D eigenvalue weighted by atomic mass is 35.5. The van der Waals surface area contributed by atoms with E-state index in [1.54, 1.807) is 24.5 Å². The number of hydrogen-bond donors (Lipinski definition) is 1. The Morgan fingerprint density at radius 1 is 1.04 bits per heavy atom. The van der Waals surface area contributed by atoms with Crippen LogP contribution in [0.2, 0.25) is 5.02 Å². The highest BCUT2D eigenvalue weighted by Gasteiger charge is 2.18. The second kappa shape index (κ2) is 7.63. The molecule has 4 rings (SSSR count). The molecule has 2 heterocycles. The molecule has 0 saturated carbocycles. The summed E-state index contributed by atoms with van der Waals surface area (Å²) in [7, 11) is 0. The first-order valence-corrected chi connectivity index (χ1v) is 8.86. The molecule has 1 amide bonds. The smallest absolute Gasteiger partial charge is 0.255 e. The van der Waals surface area contributed by atoms with Gasteiger partial charge in [-0.3, -0.25) is 4.79 Å². The van der Waals surface area contributed by atoms with Crippen LogP contribution in [-0.4, -0.2) is 29.1 Å². The van der Waals surface area contributed by atoms with Gasteiger partial charge in [-0.25, -0.2) is 9.97 Å². The number of carbonyl (C=O) groups is 1. The van der Waals surface area contributed by atoms with Gasteiger partial charge in [-0.2, -0.15) is 0 Å². The van der Waals surface area contributed by atoms with Gasteiger partial charge in [-0.05, 0) is 12.1 Å². The topological polar surface area (TPSA) is 73.3 Å². The number of rotatable bonds is 3. The highest BCUT2D eigenvalue weighted by molar-refractivity contribution is 6.32. The molecule has 0 aliphatic carbocycles. The van der Waals surface area contributed by atoms with Crippen LogP contribution in [0.3, 0.4) is 0 Å². The van der Waals surface area contributed by atoms with Crippen LogP contribution in [0.15, 0.2) is 54.9 Å². The number of anilines is 1. The molecule has 0 saturated heterocycles. The van der Waals surface area contributed by atoms with Gasteiger partial charge in [0, 0.05) is 17.5 Å². The lowest BCUT2D eigenvalue weighted by atomic mass is 10.2. The van der Waals surface area contributed by atoms with Crippen molar-refractivity contribution in [2.75, 3.05) is 18.5 Å². The Morgan fingerprint density at radius 2 is 1.78 bits per heavy atom. The minimum Gasteiger partial charge on any atom is -0.489 e. The maximum absolute atomic E-state index is 12.6. The summed E-state index contributed by atoms with van der Waals surface area (Å²) in [5, 5.41) is 3.11. The zero-order chi connectivity index (χ0) is 18.6. The predicted molar refractivity (Wildman–Crippen MR) is 102 cm³/mol. The molecule has 0 spiro atoms. The molecule has 0 atom stereocenters. The number of nitrogens with one attached hydrogen (secondary N) is 1. The molecule has 27 heavy (non-hydrogen) atoms. The molecule has 1 aliphatic heterocycles. The van der Waals surface area contributed by atoms with E-state index in [0.29, 0.717) is 46.8 Å². The molecule has 1 N–H and O–H groups in total. The highest BCUT2D eigenvalue weighted by Crippen LogP contribution is 2.38. The van der Waals surface area contributed by atoms with Crippen molar-refractivity contribution in [3.63, 3.8) is 0 Å². The second-order valence-corrected chi connectivity index (χ2v) is 6.36. The molecule has 2 aromatic carbocycles. The number of benzene rings is 2. The SMILES string of the molecule is O=C(Nc1cnc(-c2ccccc2)nc1)c1cc(Cl)c2c(c1)OCCCO2. The van der Waals surface area contributed by atoms with Gasteiger partial charge < -0.3 is 14.8 Å². The van der Waals surface area contributed by atoms with Gasteiger partial charge in [0.1, 0.15) is 0 Å². The van der Waals surface area contributed by atoms with E-state index in [2.05, 4.69) is 15.3 Å². The summed E-state index contributed by atoms with van der Waals surface area (Å²) < 4.78 is 11.2. The molecule has 136 valence electrons. The van der Waals surface area contributed by atoms with Crippen molar-refractivity contribution in [2.24, 2.45) is 0 Å². The third kappa shape index (κ3) is 3.85. The lowest BCUT2D eigenvalue weighted by molar-refractivity contribution is 0.102. The number of ether oxygens (including phenoxy) is 2. The van der Waals surface area contributed by atoms with Gasteiger partial charge in [-0.15, -0.1) is 0 Å². The fraction of sp³-hybridized carbons (Fsp3) is 0.150. The number of carbonyl (C=O) groups excluding carboxylic acids is 1. The van der Waals surface area contributed by atoms with Gasteiger partial charge in [0.25, 0.3) is 5.91 Å². The zero-order valence-corrected chi connectivity index (χ0v) is 15.1. The van der Waals surface area contributed by atoms with Crippen LogP contribution in [0.5, 0.6) is 11.5 Å². The van der Waals surface area contributed by atoms with E-state index in [1.807, 2.05) is 30.3 Å². The fourth-order valence-corrected chi connectivity index (χ4v) is 2.96. The molecular weight excluding hydrogens is 366 g/mol. The third-order valence-corrected chi connectivity index (χ3v) is 4.29. The van der Waals surface area contributed by atoms with E-state index in [9.17, 15) is 4.79 Å². The number of amides is 1. The van der Waals surface area contributed by atoms with E-state index in [-0.39, 0.29) is 5.91 Å². The minimum atomic E-state index is -0.330. The van der Waals surface area contributed by atoms with Gasteiger partial charge in [0.2, 0.25) is 0 Å². The first-order chi connectivity index (χ1) is 13.2. The summed E-state index contributed by atoms with van der Waals surface area (Å²) >= 11 is 6.25. The molecule has 0 fully saturated rings. The first kappa shape index (κ1) is 17.3. The molecule has 0 unspecified atom stereocenters. The molecule has 6 nitrogen and oxygen atoms in total. The van der Waals surface area contributed by atoms with Crippen molar-refractivity contribution < 1.29 is 14.3 Å². The van der Waals surface area contributed by atoms with Gasteiger partial charge in [0.05, 0.1) is 36.3 Å². The number of halogens is 1. The molecule has 7 heteroatoms. The lowest BCUT2D eigenvalue weighted by Gasteiger charge is -2.11. The standard InChI is InChI=1S/C20H16ClN3O3/c21-16-9-14(10-17-18(16)27-8-4-7-26-17)20(25)24-15-11-22-19(23-12-15)13-5-2-1-3-6-13/h1-3,5-6,9-12H,4,7-8H2,(H,24,25). The average molecular weight is 382 g/mol. The molecule has 3 aromatic rings. The van der Waals surface area contributed by atoms with Crippen molar-refractivity contribution in [3.05, 3.63) is 65.4 Å². The summed E-state index contributed by atoms with van der Waals surface area (Å²) in [5.74, 6) is 1.21. The first-order valence-electron chi connectivity index (χ1n) is 8.49. The van der Waals surface area contributed by atoms with Gasteiger partial charge >= 0.3 is 0 Å². The van der Waals surface area contributed by atoms with Crippen LogP contribution in [0.25, 0.3) is 11.4 Å². The van der Waals surface area contributed by atoms with Crippen LogP contribution in [0.1, 0.15) is 16.8 Å². The summed E-state index contributed by atoms with van der Waals surface area (Å²) in [6.45, 7) is 1.05. The second-order valence-electron chi connectivity index (χ2n) is 5.95. The summed E-state index contributed by atoms with van der Waals surface area (Å²) in [6.07, 6.45) is 3.90. The molecule has 0 radical (unpaired) electrons. The molecular formula is C20H16ClN3O3. The Morgan fingerprint density at radius 3 is 2.56 bits per heavy atom.